The molecule has 1 aromatic carbocycles. The van der Waals surface area contributed by atoms with Crippen LogP contribution in [0.2, 0.25) is 0 Å². The molecular weight excluding hydrogens is 254 g/mol. The van der Waals surface area contributed by atoms with E-state index in [1.165, 1.54) is 0 Å². The maximum Gasteiger partial charge on any atom is 0.264 e. The molecule has 0 saturated carbocycles. The topological polar surface area (TPSA) is 76.0 Å². The van der Waals surface area contributed by atoms with Gasteiger partial charge in [-0.1, -0.05) is 18.2 Å². The van der Waals surface area contributed by atoms with Crippen molar-refractivity contribution in [3.05, 3.63) is 29.8 Å². The summed E-state index contributed by atoms with van der Waals surface area (Å²) in [6.07, 6.45) is 0.271. The number of hydrogen-bond acceptors (Lipinski definition) is 4. The zero-order chi connectivity index (χ0) is 13.6. The molecule has 18 heavy (non-hydrogen) atoms. The van der Waals surface area contributed by atoms with Gasteiger partial charge >= 0.3 is 0 Å². The highest BCUT2D eigenvalue weighted by atomic mass is 32.2. The molecule has 1 N–H and O–H groups in total. The Labute approximate surface area is 107 Å². The third-order valence-corrected chi connectivity index (χ3v) is 3.05. The van der Waals surface area contributed by atoms with Crippen molar-refractivity contribution < 1.29 is 17.7 Å². The van der Waals surface area contributed by atoms with Gasteiger partial charge < -0.3 is 4.74 Å². The summed E-state index contributed by atoms with van der Waals surface area (Å²) in [6.45, 7) is 3.94. The van der Waals surface area contributed by atoms with E-state index in [0.717, 1.165) is 11.3 Å². The van der Waals surface area contributed by atoms with Crippen LogP contribution in [0.3, 0.4) is 0 Å². The fraction of sp³-hybridized carbons (Fsp3) is 0.417. The first-order chi connectivity index (χ1) is 8.38. The number of rotatable bonds is 5. The van der Waals surface area contributed by atoms with E-state index in [4.69, 9.17) is 9.29 Å². The Hall–Kier alpha value is -1.40. The summed E-state index contributed by atoms with van der Waals surface area (Å²) in [6, 6.07) is 7.56. The van der Waals surface area contributed by atoms with E-state index in [-0.39, 0.29) is 12.2 Å². The van der Waals surface area contributed by atoms with Crippen LogP contribution in [0.25, 0.3) is 0 Å². The summed E-state index contributed by atoms with van der Waals surface area (Å²) in [5.74, 6) is 0.918. The molecule has 0 amide bonds. The fourth-order valence-corrected chi connectivity index (χ4v) is 1.84. The third kappa shape index (κ3) is 5.79. The van der Waals surface area contributed by atoms with Crippen molar-refractivity contribution in [1.82, 2.24) is 0 Å². The molecule has 0 atom stereocenters. The molecule has 0 aliphatic rings. The molecule has 0 unspecified atom stereocenters. The van der Waals surface area contributed by atoms with E-state index in [1.54, 1.807) is 6.92 Å². The average molecular weight is 271 g/mol. The maximum absolute atomic E-state index is 10.5. The minimum Gasteiger partial charge on any atom is -0.443 e. The molecule has 0 bridgehead atoms. The molecule has 0 spiro atoms. The Kier molecular flexibility index (Phi) is 5.30. The van der Waals surface area contributed by atoms with Gasteiger partial charge in [0.15, 0.2) is 5.90 Å². The first kappa shape index (κ1) is 14.7. The second-order valence-corrected chi connectivity index (χ2v) is 5.48. The second kappa shape index (κ2) is 6.51. The number of aryl methyl sites for hydroxylation is 1. The van der Waals surface area contributed by atoms with Gasteiger partial charge in [-0.3, -0.25) is 9.55 Å². The van der Waals surface area contributed by atoms with E-state index >= 15 is 0 Å². The lowest BCUT2D eigenvalue weighted by molar-refractivity contribution is 0.481. The lowest BCUT2D eigenvalue weighted by Crippen LogP contribution is -2.08. The molecule has 1 rings (SSSR count). The average Bonchev–Trinajstić information content (AvgIpc) is 2.26. The Morgan fingerprint density at radius 1 is 1.39 bits per heavy atom. The van der Waals surface area contributed by atoms with E-state index < -0.39 is 10.1 Å². The lowest BCUT2D eigenvalue weighted by Gasteiger charge is -2.07. The predicted molar refractivity (Wildman–Crippen MR) is 70.8 cm³/mol. The Balaban J connectivity index is 2.46. The number of hydrogen-bond donors (Lipinski definition) is 1. The molecule has 0 heterocycles. The number of ether oxygens (including phenoxy) is 1. The van der Waals surface area contributed by atoms with Crippen LogP contribution in [0.1, 0.15) is 18.9 Å². The van der Waals surface area contributed by atoms with Crippen LogP contribution in [-0.4, -0.2) is 31.2 Å². The molecule has 0 aromatic heterocycles. The highest BCUT2D eigenvalue weighted by molar-refractivity contribution is 7.85. The lowest BCUT2D eigenvalue weighted by atomic mass is 10.2. The van der Waals surface area contributed by atoms with E-state index in [0.29, 0.717) is 12.4 Å². The summed E-state index contributed by atoms with van der Waals surface area (Å²) in [5, 5.41) is 0. The second-order valence-electron chi connectivity index (χ2n) is 3.91. The van der Waals surface area contributed by atoms with Gasteiger partial charge in [0.25, 0.3) is 10.1 Å². The SMILES string of the molecule is CC(=NCCCS(=O)(=O)O)Oc1ccccc1C. The highest BCUT2D eigenvalue weighted by Crippen LogP contribution is 2.16. The van der Waals surface area contributed by atoms with Crippen molar-refractivity contribution in [3.63, 3.8) is 0 Å². The van der Waals surface area contributed by atoms with Crippen LogP contribution in [0.4, 0.5) is 0 Å². The smallest absolute Gasteiger partial charge is 0.264 e. The summed E-state index contributed by atoms with van der Waals surface area (Å²) in [7, 11) is -3.90. The molecule has 1 aromatic rings. The number of benzene rings is 1. The van der Waals surface area contributed by atoms with Crippen LogP contribution >= 0.6 is 0 Å². The van der Waals surface area contributed by atoms with E-state index in [1.807, 2.05) is 31.2 Å². The third-order valence-electron chi connectivity index (χ3n) is 2.25. The molecule has 0 radical (unpaired) electrons. The van der Waals surface area contributed by atoms with Gasteiger partial charge in [0.05, 0.1) is 5.75 Å². The van der Waals surface area contributed by atoms with Gasteiger partial charge in [-0.2, -0.15) is 8.42 Å². The molecule has 0 fully saturated rings. The van der Waals surface area contributed by atoms with Gasteiger partial charge in [0.2, 0.25) is 0 Å². The largest absolute Gasteiger partial charge is 0.443 e. The maximum atomic E-state index is 10.5. The summed E-state index contributed by atoms with van der Waals surface area (Å²) in [4.78, 5) is 4.08. The van der Waals surface area contributed by atoms with Crippen molar-refractivity contribution in [2.75, 3.05) is 12.3 Å². The molecule has 0 aliphatic carbocycles. The molecule has 100 valence electrons. The standard InChI is InChI=1S/C12H17NO4S/c1-10-6-3-4-7-12(10)17-11(2)13-8-5-9-18(14,15)16/h3-4,6-7H,5,8-9H2,1-2H3,(H,14,15,16). The minimum atomic E-state index is -3.90. The summed E-state index contributed by atoms with van der Waals surface area (Å²) < 4.78 is 35.0. The van der Waals surface area contributed by atoms with Crippen molar-refractivity contribution >= 4 is 16.0 Å². The predicted octanol–water partition coefficient (Wildman–Crippen LogP) is 2.07. The highest BCUT2D eigenvalue weighted by Gasteiger charge is 2.03. The molecule has 0 aliphatic heterocycles. The van der Waals surface area contributed by atoms with E-state index in [9.17, 15) is 8.42 Å². The first-order valence-corrected chi connectivity index (χ1v) is 7.19. The zero-order valence-electron chi connectivity index (χ0n) is 10.5. The van der Waals surface area contributed by atoms with Crippen LogP contribution in [0, 0.1) is 6.92 Å². The number of nitrogens with zero attached hydrogens (tertiary/aromatic N) is 1. The minimum absolute atomic E-state index is 0.271. The van der Waals surface area contributed by atoms with Crippen molar-refractivity contribution in [1.29, 1.82) is 0 Å². The Morgan fingerprint density at radius 2 is 2.06 bits per heavy atom. The van der Waals surface area contributed by atoms with Gasteiger partial charge in [0.1, 0.15) is 5.75 Å². The van der Waals surface area contributed by atoms with E-state index in [2.05, 4.69) is 4.99 Å². The van der Waals surface area contributed by atoms with Gasteiger partial charge in [-0.15, -0.1) is 0 Å². The van der Waals surface area contributed by atoms with Crippen molar-refractivity contribution in [2.24, 2.45) is 4.99 Å². The molecule has 0 saturated heterocycles. The van der Waals surface area contributed by atoms with Gasteiger partial charge in [0, 0.05) is 13.5 Å². The van der Waals surface area contributed by atoms with Crippen molar-refractivity contribution in [2.45, 2.75) is 20.3 Å². The first-order valence-electron chi connectivity index (χ1n) is 5.58. The van der Waals surface area contributed by atoms with Crippen LogP contribution < -0.4 is 4.74 Å². The molecule has 5 nitrogen and oxygen atoms in total. The van der Waals surface area contributed by atoms with Crippen LogP contribution in [0.5, 0.6) is 5.75 Å². The number of para-hydroxylation sites is 1. The number of aliphatic imine (C=N–C) groups is 1. The van der Waals surface area contributed by atoms with Gasteiger partial charge in [-0.05, 0) is 25.0 Å². The normalized spacial score (nSPS) is 12.5. The fourth-order valence-electron chi connectivity index (χ4n) is 1.35. The molecular formula is C12H17NO4S. The summed E-state index contributed by atoms with van der Waals surface area (Å²) >= 11 is 0. The van der Waals surface area contributed by atoms with Crippen molar-refractivity contribution in [3.8, 4) is 5.75 Å². The summed E-state index contributed by atoms with van der Waals surface area (Å²) in [5.41, 5.74) is 1.00. The zero-order valence-corrected chi connectivity index (χ0v) is 11.3. The van der Waals surface area contributed by atoms with Gasteiger partial charge in [-0.25, -0.2) is 0 Å². The monoisotopic (exact) mass is 271 g/mol. The quantitative estimate of drug-likeness (QED) is 0.385. The molecule has 6 heteroatoms. The van der Waals surface area contributed by atoms with Crippen LogP contribution in [-0.2, 0) is 10.1 Å². The van der Waals surface area contributed by atoms with Crippen LogP contribution in [0.15, 0.2) is 29.3 Å². The Bertz CT molecular complexity index is 523. The Morgan fingerprint density at radius 3 is 2.67 bits per heavy atom.